The summed E-state index contributed by atoms with van der Waals surface area (Å²) in [6.07, 6.45) is 0. The van der Waals surface area contributed by atoms with Crippen molar-refractivity contribution in [1.29, 1.82) is 0 Å². The van der Waals surface area contributed by atoms with Crippen LogP contribution in [0.1, 0.15) is 6.92 Å². The molecule has 0 rings (SSSR count). The first kappa shape index (κ1) is 11.6. The predicted octanol–water partition coefficient (Wildman–Crippen LogP) is -0.138. The second-order valence-corrected chi connectivity index (χ2v) is 4.46. The molecule has 0 aliphatic rings. The third-order valence-electron chi connectivity index (χ3n) is 0.820. The van der Waals surface area contributed by atoms with Crippen LogP contribution in [0.3, 0.4) is 0 Å². The minimum Gasteiger partial charge on any atom is -0.419 e. The number of carbonyl (C=O) groups is 1. The summed E-state index contributed by atoms with van der Waals surface area (Å²) < 4.78 is 4.28. The molecule has 0 spiro atoms. The van der Waals surface area contributed by atoms with Gasteiger partial charge in [0.1, 0.15) is 0 Å². The predicted molar refractivity (Wildman–Crippen MR) is 47.6 cm³/mol. The van der Waals surface area contributed by atoms with Crippen molar-refractivity contribution < 1.29 is 19.1 Å². The topological polar surface area (TPSA) is 78.8 Å². The van der Waals surface area contributed by atoms with E-state index in [0.29, 0.717) is 6.54 Å². The fourth-order valence-electron chi connectivity index (χ4n) is 0.444. The highest BCUT2D eigenvalue weighted by Crippen LogP contribution is 2.38. The van der Waals surface area contributed by atoms with Crippen molar-refractivity contribution in [1.82, 2.24) is 5.32 Å². The highest BCUT2D eigenvalue weighted by molar-refractivity contribution is 8.06. The van der Waals surface area contributed by atoms with E-state index >= 15 is 0 Å². The van der Waals surface area contributed by atoms with Crippen molar-refractivity contribution in [2.24, 2.45) is 0 Å². The maximum Gasteiger partial charge on any atom is 0.375 e. The molecule has 0 aromatic carbocycles. The maximum absolute atomic E-state index is 10.8. The van der Waals surface area contributed by atoms with E-state index in [9.17, 15) is 4.79 Å². The summed E-state index contributed by atoms with van der Waals surface area (Å²) in [5.41, 5.74) is 0. The van der Waals surface area contributed by atoms with Crippen LogP contribution in [0.4, 0.5) is 0 Å². The molecule has 0 atom stereocenters. The Morgan fingerprint density at radius 2 is 2.25 bits per heavy atom. The number of carbonyl (C=O) groups excluding carboxylic acids is 1. The minimum atomic E-state index is -3.83. The molecule has 70 valence electrons. The molecule has 0 heterocycles. The molecule has 0 saturated carbocycles. The lowest BCUT2D eigenvalue weighted by Crippen LogP contribution is -2.24. The lowest BCUT2D eigenvalue weighted by molar-refractivity contribution is -0.119. The smallest absolute Gasteiger partial charge is 0.375 e. The van der Waals surface area contributed by atoms with Crippen LogP contribution >= 0.6 is 6.72 Å². The van der Waals surface area contributed by atoms with Crippen LogP contribution in [0.5, 0.6) is 0 Å². The lowest BCUT2D eigenvalue weighted by Gasteiger charge is -2.11. The molecule has 0 aliphatic heterocycles. The van der Waals surface area contributed by atoms with Gasteiger partial charge in [-0.15, -0.1) is 0 Å². The third-order valence-corrected chi connectivity index (χ3v) is 1.50. The molecule has 0 aromatic heterocycles. The zero-order chi connectivity index (χ0) is 9.78. The summed E-state index contributed by atoms with van der Waals surface area (Å²) in [7, 11) is 0. The van der Waals surface area contributed by atoms with Gasteiger partial charge in [-0.3, -0.25) is 4.79 Å². The SMILES string of the molecule is C=C(OP(O)(O)=S)C(=O)NCC. The Hall–Kier alpha value is -0.420. The maximum atomic E-state index is 10.8. The number of hydrogen-bond donors (Lipinski definition) is 3. The van der Waals surface area contributed by atoms with Gasteiger partial charge in [-0.05, 0) is 6.92 Å². The molecular weight excluding hydrogens is 201 g/mol. The van der Waals surface area contributed by atoms with Crippen molar-refractivity contribution in [2.45, 2.75) is 6.92 Å². The number of amides is 1. The summed E-state index contributed by atoms with van der Waals surface area (Å²) >= 11 is 4.12. The van der Waals surface area contributed by atoms with Gasteiger partial charge in [0.05, 0.1) is 0 Å². The molecule has 0 bridgehead atoms. The van der Waals surface area contributed by atoms with Gasteiger partial charge in [-0.1, -0.05) is 6.58 Å². The molecule has 5 nitrogen and oxygen atoms in total. The first-order chi connectivity index (χ1) is 5.37. The summed E-state index contributed by atoms with van der Waals surface area (Å²) in [5, 5.41) is 2.35. The summed E-state index contributed by atoms with van der Waals surface area (Å²) in [6, 6.07) is 0. The number of hydrogen-bond acceptors (Lipinski definition) is 3. The van der Waals surface area contributed by atoms with Crippen LogP contribution in [0.15, 0.2) is 12.3 Å². The highest BCUT2D eigenvalue weighted by atomic mass is 32.5. The summed E-state index contributed by atoms with van der Waals surface area (Å²) in [6.45, 7) is 1.45. The zero-order valence-corrected chi connectivity index (χ0v) is 8.19. The Bertz CT molecular complexity index is 236. The van der Waals surface area contributed by atoms with Crippen molar-refractivity contribution >= 4 is 24.4 Å². The highest BCUT2D eigenvalue weighted by Gasteiger charge is 2.15. The molecule has 3 N–H and O–H groups in total. The average molecular weight is 211 g/mol. The van der Waals surface area contributed by atoms with E-state index in [1.54, 1.807) is 6.92 Å². The largest absolute Gasteiger partial charge is 0.419 e. The van der Waals surface area contributed by atoms with E-state index < -0.39 is 12.6 Å². The Balaban J connectivity index is 4.06. The van der Waals surface area contributed by atoms with E-state index in [1.165, 1.54) is 0 Å². The van der Waals surface area contributed by atoms with Crippen molar-refractivity contribution in [3.63, 3.8) is 0 Å². The van der Waals surface area contributed by atoms with Crippen molar-refractivity contribution in [3.8, 4) is 0 Å². The monoisotopic (exact) mass is 211 g/mol. The molecule has 0 aromatic rings. The average Bonchev–Trinajstić information content (AvgIpc) is 1.84. The van der Waals surface area contributed by atoms with Crippen molar-refractivity contribution in [2.75, 3.05) is 6.54 Å². The van der Waals surface area contributed by atoms with Crippen LogP contribution in [-0.2, 0) is 21.1 Å². The quantitative estimate of drug-likeness (QED) is 0.343. The van der Waals surface area contributed by atoms with E-state index in [0.717, 1.165) is 0 Å². The Morgan fingerprint density at radius 1 is 1.75 bits per heavy atom. The van der Waals surface area contributed by atoms with E-state index in [-0.39, 0.29) is 5.76 Å². The Kier molecular flexibility index (Phi) is 4.41. The molecule has 0 fully saturated rings. The zero-order valence-electron chi connectivity index (χ0n) is 6.48. The number of rotatable bonds is 4. The van der Waals surface area contributed by atoms with Crippen molar-refractivity contribution in [3.05, 3.63) is 12.3 Å². The van der Waals surface area contributed by atoms with Gasteiger partial charge < -0.3 is 19.6 Å². The normalized spacial score (nSPS) is 10.6. The lowest BCUT2D eigenvalue weighted by atomic mass is 10.5. The van der Waals surface area contributed by atoms with Crippen LogP contribution in [0, 0.1) is 0 Å². The first-order valence-electron chi connectivity index (χ1n) is 3.09. The van der Waals surface area contributed by atoms with Gasteiger partial charge in [0.2, 0.25) is 0 Å². The summed E-state index contributed by atoms with van der Waals surface area (Å²) in [5.74, 6) is -0.986. The molecule has 0 unspecified atom stereocenters. The van der Waals surface area contributed by atoms with Gasteiger partial charge in [0.25, 0.3) is 5.91 Å². The summed E-state index contributed by atoms with van der Waals surface area (Å²) in [4.78, 5) is 28.1. The molecular formula is C5H10NO4PS. The molecule has 0 saturated heterocycles. The van der Waals surface area contributed by atoms with Gasteiger partial charge in [0.15, 0.2) is 5.76 Å². The second-order valence-electron chi connectivity index (χ2n) is 1.86. The Labute approximate surface area is 75.3 Å². The van der Waals surface area contributed by atoms with Gasteiger partial charge in [-0.25, -0.2) is 0 Å². The van der Waals surface area contributed by atoms with E-state index in [4.69, 9.17) is 9.79 Å². The molecule has 0 aliphatic carbocycles. The van der Waals surface area contributed by atoms with Crippen LogP contribution in [0.2, 0.25) is 0 Å². The fourth-order valence-corrected chi connectivity index (χ4v) is 1.08. The molecule has 12 heavy (non-hydrogen) atoms. The fraction of sp³-hybridized carbons (Fsp3) is 0.400. The van der Waals surface area contributed by atoms with E-state index in [2.05, 4.69) is 28.2 Å². The van der Waals surface area contributed by atoms with E-state index in [1.807, 2.05) is 0 Å². The molecule has 0 radical (unpaired) electrons. The van der Waals surface area contributed by atoms with Gasteiger partial charge in [0, 0.05) is 18.4 Å². The Morgan fingerprint density at radius 3 is 2.58 bits per heavy atom. The van der Waals surface area contributed by atoms with Crippen LogP contribution in [-0.4, -0.2) is 22.2 Å². The number of nitrogens with one attached hydrogen (secondary N) is 1. The third kappa shape index (κ3) is 5.26. The molecule has 1 amide bonds. The van der Waals surface area contributed by atoms with Crippen LogP contribution < -0.4 is 5.32 Å². The van der Waals surface area contributed by atoms with Gasteiger partial charge in [-0.2, -0.15) is 0 Å². The second kappa shape index (κ2) is 4.57. The molecule has 7 heteroatoms. The van der Waals surface area contributed by atoms with Gasteiger partial charge >= 0.3 is 6.72 Å². The first-order valence-corrected chi connectivity index (χ1v) is 5.71. The standard InChI is InChI=1S/C5H10NO4PS/c1-3-6-5(7)4(2)10-11(8,9)12/h2-3H2,1H3,(H,6,7)(H2,8,9,12). The number of likely N-dealkylation sites (N-methyl/N-ethyl adjacent to an activating group) is 1. The van der Waals surface area contributed by atoms with Crippen LogP contribution in [0.25, 0.3) is 0 Å². The minimum absolute atomic E-state index is 0.384.